The maximum atomic E-state index is 12.4. The molecule has 1 N–H and O–H groups in total. The maximum absolute atomic E-state index is 12.4. The van der Waals surface area contributed by atoms with E-state index < -0.39 is 0 Å². The van der Waals surface area contributed by atoms with Crippen LogP contribution in [0.1, 0.15) is 30.4 Å². The molecular weight excluding hydrogens is 378 g/mol. The number of likely N-dealkylation sites (tertiary alicyclic amines) is 1. The van der Waals surface area contributed by atoms with Gasteiger partial charge in [0.15, 0.2) is 0 Å². The summed E-state index contributed by atoms with van der Waals surface area (Å²) >= 11 is 0. The summed E-state index contributed by atoms with van der Waals surface area (Å²) in [5.74, 6) is 0.0857. The molecule has 0 spiro atoms. The Bertz CT molecular complexity index is 790. The fourth-order valence-electron chi connectivity index (χ4n) is 3.56. The number of carbonyl (C=O) groups excluding carboxylic acids is 2. The third-order valence-corrected chi connectivity index (χ3v) is 5.35. The molecule has 0 aliphatic carbocycles. The van der Waals surface area contributed by atoms with Crippen molar-refractivity contribution in [1.82, 2.24) is 15.1 Å². The lowest BCUT2D eigenvalue weighted by atomic mass is 10.1. The molecule has 0 bridgehead atoms. The van der Waals surface area contributed by atoms with Gasteiger partial charge >= 0.3 is 6.03 Å². The highest BCUT2D eigenvalue weighted by atomic mass is 16.5. The van der Waals surface area contributed by atoms with Crippen molar-refractivity contribution in [2.45, 2.75) is 38.5 Å². The number of urea groups is 1. The van der Waals surface area contributed by atoms with Crippen LogP contribution in [0.2, 0.25) is 0 Å². The van der Waals surface area contributed by atoms with Gasteiger partial charge in [0.05, 0.1) is 12.7 Å². The summed E-state index contributed by atoms with van der Waals surface area (Å²) in [5, 5.41) is 2.83. The molecule has 6 nitrogen and oxygen atoms in total. The van der Waals surface area contributed by atoms with Gasteiger partial charge in [-0.05, 0) is 24.0 Å². The van der Waals surface area contributed by atoms with Crippen LogP contribution in [-0.2, 0) is 22.7 Å². The number of ether oxygens (including phenoxy) is 1. The first-order valence-corrected chi connectivity index (χ1v) is 10.6. The molecule has 3 amide bonds. The second kappa shape index (κ2) is 11.4. The number of hydrogen-bond donors (Lipinski definition) is 1. The zero-order valence-electron chi connectivity index (χ0n) is 17.6. The van der Waals surface area contributed by atoms with Crippen LogP contribution in [-0.4, -0.2) is 54.5 Å². The van der Waals surface area contributed by atoms with Gasteiger partial charge in [-0.15, -0.1) is 0 Å². The number of carbonyl (C=O) groups is 2. The Kier molecular flexibility index (Phi) is 8.27. The molecule has 6 heteroatoms. The number of piperidine rings is 1. The fourth-order valence-corrected chi connectivity index (χ4v) is 3.56. The topological polar surface area (TPSA) is 61.9 Å². The summed E-state index contributed by atoms with van der Waals surface area (Å²) in [6, 6.07) is 19.8. The summed E-state index contributed by atoms with van der Waals surface area (Å²) in [6.45, 7) is 2.92. The minimum atomic E-state index is -0.167. The molecule has 30 heavy (non-hydrogen) atoms. The van der Waals surface area contributed by atoms with Gasteiger partial charge in [-0.25, -0.2) is 4.79 Å². The van der Waals surface area contributed by atoms with E-state index in [1.807, 2.05) is 53.4 Å². The lowest BCUT2D eigenvalue weighted by Crippen LogP contribution is -2.43. The van der Waals surface area contributed by atoms with E-state index in [1.54, 1.807) is 11.9 Å². The van der Waals surface area contributed by atoms with Crippen molar-refractivity contribution in [3.63, 3.8) is 0 Å². The Morgan fingerprint density at radius 1 is 1.00 bits per heavy atom. The molecule has 0 unspecified atom stereocenters. The third kappa shape index (κ3) is 6.88. The molecule has 1 aliphatic heterocycles. The Balaban J connectivity index is 1.30. The van der Waals surface area contributed by atoms with Crippen molar-refractivity contribution < 1.29 is 14.3 Å². The molecule has 1 saturated heterocycles. The molecule has 1 aliphatic rings. The number of benzene rings is 2. The molecule has 2 aromatic carbocycles. The molecule has 160 valence electrons. The van der Waals surface area contributed by atoms with Gasteiger partial charge < -0.3 is 19.9 Å². The summed E-state index contributed by atoms with van der Waals surface area (Å²) < 4.78 is 5.98. The molecule has 0 atom stereocenters. The summed E-state index contributed by atoms with van der Waals surface area (Å²) in [6.07, 6.45) is 2.22. The van der Waals surface area contributed by atoms with Crippen LogP contribution < -0.4 is 5.32 Å². The Labute approximate surface area is 178 Å². The van der Waals surface area contributed by atoms with E-state index in [0.717, 1.165) is 18.4 Å². The van der Waals surface area contributed by atoms with Crippen LogP contribution >= 0.6 is 0 Å². The monoisotopic (exact) mass is 409 g/mol. The summed E-state index contributed by atoms with van der Waals surface area (Å²) in [4.78, 5) is 28.2. The molecule has 1 heterocycles. The average molecular weight is 410 g/mol. The number of amides is 3. The minimum Gasteiger partial charge on any atom is -0.373 e. The first-order valence-electron chi connectivity index (χ1n) is 10.6. The molecule has 3 rings (SSSR count). The predicted molar refractivity (Wildman–Crippen MR) is 117 cm³/mol. The normalized spacial score (nSPS) is 14.4. The Hall–Kier alpha value is -2.86. The lowest BCUT2D eigenvalue weighted by Gasteiger charge is -2.32. The van der Waals surface area contributed by atoms with E-state index >= 15 is 0 Å². The third-order valence-electron chi connectivity index (χ3n) is 5.35. The van der Waals surface area contributed by atoms with Crippen molar-refractivity contribution in [2.24, 2.45) is 0 Å². The van der Waals surface area contributed by atoms with Crippen LogP contribution in [0.25, 0.3) is 0 Å². The number of nitrogens with zero attached hydrogens (tertiary/aromatic N) is 2. The smallest absolute Gasteiger partial charge is 0.317 e. The molecule has 2 aromatic rings. The van der Waals surface area contributed by atoms with Gasteiger partial charge in [-0.1, -0.05) is 60.7 Å². The van der Waals surface area contributed by atoms with E-state index in [0.29, 0.717) is 39.2 Å². The first kappa shape index (κ1) is 21.8. The van der Waals surface area contributed by atoms with E-state index in [9.17, 15) is 9.59 Å². The molecule has 0 radical (unpaired) electrons. The SMILES string of the molecule is CN(Cc1ccccc1)C(=O)NCCC(=O)N1CCC(OCc2ccccc2)CC1. The fraction of sp³-hybridized carbons (Fsp3) is 0.417. The van der Waals surface area contributed by atoms with Gasteiger partial charge in [0.25, 0.3) is 0 Å². The van der Waals surface area contributed by atoms with Gasteiger partial charge in [-0.2, -0.15) is 0 Å². The van der Waals surface area contributed by atoms with E-state index in [2.05, 4.69) is 17.4 Å². The molecular formula is C24H31N3O3. The number of rotatable bonds is 8. The lowest BCUT2D eigenvalue weighted by molar-refractivity contribution is -0.133. The molecule has 1 fully saturated rings. The average Bonchev–Trinajstić information content (AvgIpc) is 2.79. The van der Waals surface area contributed by atoms with Gasteiger partial charge in [0, 0.05) is 39.6 Å². The van der Waals surface area contributed by atoms with Crippen LogP contribution in [0.3, 0.4) is 0 Å². The summed E-state index contributed by atoms with van der Waals surface area (Å²) in [7, 11) is 1.75. The number of nitrogens with one attached hydrogen (secondary N) is 1. The minimum absolute atomic E-state index is 0.0857. The van der Waals surface area contributed by atoms with Crippen LogP contribution in [0.5, 0.6) is 0 Å². The maximum Gasteiger partial charge on any atom is 0.317 e. The largest absolute Gasteiger partial charge is 0.373 e. The van der Waals surface area contributed by atoms with Crippen LogP contribution in [0, 0.1) is 0 Å². The predicted octanol–water partition coefficient (Wildman–Crippen LogP) is 3.43. The van der Waals surface area contributed by atoms with Gasteiger partial charge in [0.2, 0.25) is 5.91 Å². The second-order valence-corrected chi connectivity index (χ2v) is 7.70. The van der Waals surface area contributed by atoms with Crippen LogP contribution in [0.4, 0.5) is 4.79 Å². The standard InChI is InChI=1S/C24H31N3O3/c1-26(18-20-8-4-2-5-9-20)24(29)25-15-12-23(28)27-16-13-22(14-17-27)30-19-21-10-6-3-7-11-21/h2-11,22H,12-19H2,1H3,(H,25,29). The van der Waals surface area contributed by atoms with Crippen molar-refractivity contribution in [3.8, 4) is 0 Å². The van der Waals surface area contributed by atoms with Crippen molar-refractivity contribution >= 4 is 11.9 Å². The van der Waals surface area contributed by atoms with Gasteiger partial charge in [0.1, 0.15) is 0 Å². The quantitative estimate of drug-likeness (QED) is 0.727. The van der Waals surface area contributed by atoms with Crippen LogP contribution in [0.15, 0.2) is 60.7 Å². The number of hydrogen-bond acceptors (Lipinski definition) is 3. The second-order valence-electron chi connectivity index (χ2n) is 7.70. The highest BCUT2D eigenvalue weighted by Crippen LogP contribution is 2.16. The molecule has 0 saturated carbocycles. The summed E-state index contributed by atoms with van der Waals surface area (Å²) in [5.41, 5.74) is 2.24. The van der Waals surface area contributed by atoms with E-state index in [-0.39, 0.29) is 18.0 Å². The highest BCUT2D eigenvalue weighted by Gasteiger charge is 2.23. The van der Waals surface area contributed by atoms with E-state index in [4.69, 9.17) is 4.74 Å². The molecule has 0 aromatic heterocycles. The van der Waals surface area contributed by atoms with Crippen molar-refractivity contribution in [2.75, 3.05) is 26.7 Å². The van der Waals surface area contributed by atoms with Crippen molar-refractivity contribution in [3.05, 3.63) is 71.8 Å². The zero-order chi connectivity index (χ0) is 21.2. The highest BCUT2D eigenvalue weighted by molar-refractivity contribution is 5.78. The van der Waals surface area contributed by atoms with Crippen molar-refractivity contribution in [1.29, 1.82) is 0 Å². The van der Waals surface area contributed by atoms with Gasteiger partial charge in [-0.3, -0.25) is 4.79 Å². The zero-order valence-corrected chi connectivity index (χ0v) is 17.6. The van der Waals surface area contributed by atoms with E-state index in [1.165, 1.54) is 5.56 Å². The Morgan fingerprint density at radius 3 is 2.23 bits per heavy atom. The first-order chi connectivity index (χ1) is 14.6. The Morgan fingerprint density at radius 2 is 1.60 bits per heavy atom.